The molecule has 0 radical (unpaired) electrons. The molecule has 2 heterocycles. The summed E-state index contributed by atoms with van der Waals surface area (Å²) in [7, 11) is 0. The third kappa shape index (κ3) is 3.74. The number of thioether (sulfide) groups is 1. The van der Waals surface area contributed by atoms with Gasteiger partial charge in [-0.15, -0.1) is 11.8 Å². The number of ether oxygens (including phenoxy) is 2. The summed E-state index contributed by atoms with van der Waals surface area (Å²) >= 11 is 1.54. The van der Waals surface area contributed by atoms with Crippen LogP contribution < -0.4 is 19.7 Å². The molecule has 2 aliphatic heterocycles. The third-order valence-electron chi connectivity index (χ3n) is 5.81. The Labute approximate surface area is 179 Å². The first-order chi connectivity index (χ1) is 14.6. The fourth-order valence-electron chi connectivity index (χ4n) is 4.30. The minimum absolute atomic E-state index is 0.0346. The molecule has 1 N–H and O–H groups in total. The summed E-state index contributed by atoms with van der Waals surface area (Å²) < 4.78 is 12.2. The zero-order chi connectivity index (χ0) is 20.6. The van der Waals surface area contributed by atoms with E-state index in [1.807, 2.05) is 42.5 Å². The quantitative estimate of drug-likeness (QED) is 0.778. The molecule has 5 rings (SSSR count). The van der Waals surface area contributed by atoms with Crippen LogP contribution in [0, 0.1) is 0 Å². The molecule has 156 valence electrons. The Morgan fingerprint density at radius 2 is 1.87 bits per heavy atom. The first-order valence-corrected chi connectivity index (χ1v) is 11.4. The molecule has 1 fully saturated rings. The molecule has 0 unspecified atom stereocenters. The van der Waals surface area contributed by atoms with Gasteiger partial charge in [-0.05, 0) is 37.1 Å². The molecule has 2 aromatic carbocycles. The highest BCUT2D eigenvalue weighted by atomic mass is 32.2. The van der Waals surface area contributed by atoms with Gasteiger partial charge in [-0.2, -0.15) is 0 Å². The van der Waals surface area contributed by atoms with Gasteiger partial charge in [0.05, 0.1) is 11.4 Å². The van der Waals surface area contributed by atoms with Crippen molar-refractivity contribution in [2.45, 2.75) is 49.2 Å². The Kier molecular flexibility index (Phi) is 5.06. The summed E-state index contributed by atoms with van der Waals surface area (Å²) in [6.45, 7) is 0.357. The second-order valence-corrected chi connectivity index (χ2v) is 8.95. The number of benzene rings is 2. The molecule has 0 aromatic heterocycles. The number of nitrogens with zero attached hydrogens (tertiary/aromatic N) is 1. The van der Waals surface area contributed by atoms with E-state index in [1.54, 1.807) is 16.7 Å². The molecule has 2 amide bonds. The van der Waals surface area contributed by atoms with Gasteiger partial charge in [0.2, 0.25) is 11.8 Å². The Bertz CT molecular complexity index is 987. The summed E-state index contributed by atoms with van der Waals surface area (Å²) in [5, 5.41) is 2.92. The van der Waals surface area contributed by atoms with E-state index >= 15 is 0 Å². The molecule has 3 aliphatic rings. The van der Waals surface area contributed by atoms with Crippen LogP contribution in [-0.4, -0.2) is 29.9 Å². The van der Waals surface area contributed by atoms with Crippen LogP contribution >= 0.6 is 11.8 Å². The molecule has 7 heteroatoms. The maximum atomic E-state index is 12.5. The summed E-state index contributed by atoms with van der Waals surface area (Å²) in [6.07, 6.45) is 5.45. The Morgan fingerprint density at radius 3 is 2.73 bits per heavy atom. The van der Waals surface area contributed by atoms with Gasteiger partial charge in [-0.3, -0.25) is 9.59 Å². The number of amides is 2. The van der Waals surface area contributed by atoms with Crippen LogP contribution in [0.2, 0.25) is 0 Å². The molecule has 2 aromatic rings. The van der Waals surface area contributed by atoms with Gasteiger partial charge in [0.1, 0.15) is 0 Å². The topological polar surface area (TPSA) is 67.9 Å². The van der Waals surface area contributed by atoms with Gasteiger partial charge in [-0.25, -0.2) is 0 Å². The summed E-state index contributed by atoms with van der Waals surface area (Å²) in [4.78, 5) is 27.7. The monoisotopic (exact) mass is 424 g/mol. The zero-order valence-electron chi connectivity index (χ0n) is 16.7. The second kappa shape index (κ2) is 7.87. The van der Waals surface area contributed by atoms with Crippen LogP contribution in [0.15, 0.2) is 47.4 Å². The Balaban J connectivity index is 1.21. The first kappa shape index (κ1) is 19.3. The van der Waals surface area contributed by atoms with Crippen molar-refractivity contribution >= 4 is 35.0 Å². The van der Waals surface area contributed by atoms with E-state index in [1.165, 1.54) is 6.42 Å². The van der Waals surface area contributed by atoms with Crippen LogP contribution in [0.4, 0.5) is 11.4 Å². The number of carbonyl (C=O) groups excluding carboxylic acids is 2. The highest BCUT2D eigenvalue weighted by Gasteiger charge is 2.42. The highest BCUT2D eigenvalue weighted by Crippen LogP contribution is 2.46. The van der Waals surface area contributed by atoms with Crippen LogP contribution in [0.3, 0.4) is 0 Å². The van der Waals surface area contributed by atoms with E-state index in [-0.39, 0.29) is 18.2 Å². The van der Waals surface area contributed by atoms with Gasteiger partial charge < -0.3 is 19.7 Å². The number of hydrogen-bond donors (Lipinski definition) is 1. The maximum Gasteiger partial charge on any atom is 0.251 e. The molecular formula is C23H24N2O4S. The van der Waals surface area contributed by atoms with Crippen LogP contribution in [-0.2, 0) is 9.59 Å². The highest BCUT2D eigenvalue weighted by molar-refractivity contribution is 8.00. The molecule has 0 atom stereocenters. The Hall–Kier alpha value is -2.67. The summed E-state index contributed by atoms with van der Waals surface area (Å²) in [5.74, 6) is 1.21. The number of rotatable bonds is 4. The lowest BCUT2D eigenvalue weighted by atomic mass is 9.94. The van der Waals surface area contributed by atoms with Gasteiger partial charge in [0.15, 0.2) is 11.5 Å². The SMILES string of the molecule is O=C(CCN1C(=O)CSc2ccccc21)Nc1ccc2c(c1)OC1(CCCCC1)O2. The molecular weight excluding hydrogens is 400 g/mol. The molecule has 0 saturated heterocycles. The van der Waals surface area contributed by atoms with Crippen LogP contribution in [0.1, 0.15) is 38.5 Å². The fraction of sp³-hybridized carbons (Fsp3) is 0.391. The summed E-state index contributed by atoms with van der Waals surface area (Å²) in [6, 6.07) is 13.3. The minimum Gasteiger partial charge on any atom is -0.448 e. The van der Waals surface area contributed by atoms with E-state index in [0.717, 1.165) is 42.0 Å². The van der Waals surface area contributed by atoms with Crippen molar-refractivity contribution in [3.63, 3.8) is 0 Å². The number of fused-ring (bicyclic) bond motifs is 2. The number of carbonyl (C=O) groups is 2. The van der Waals surface area contributed by atoms with Crippen molar-refractivity contribution in [3.05, 3.63) is 42.5 Å². The third-order valence-corrected chi connectivity index (χ3v) is 6.85. The predicted molar refractivity (Wildman–Crippen MR) is 116 cm³/mol. The smallest absolute Gasteiger partial charge is 0.251 e. The lowest BCUT2D eigenvalue weighted by Gasteiger charge is -2.31. The molecule has 1 saturated carbocycles. The van der Waals surface area contributed by atoms with E-state index in [2.05, 4.69) is 5.32 Å². The van der Waals surface area contributed by atoms with Gasteiger partial charge in [0, 0.05) is 42.5 Å². The van der Waals surface area contributed by atoms with Crippen LogP contribution in [0.25, 0.3) is 0 Å². The van der Waals surface area contributed by atoms with Crippen molar-refractivity contribution in [1.82, 2.24) is 0 Å². The number of para-hydroxylation sites is 1. The van der Waals surface area contributed by atoms with Gasteiger partial charge >= 0.3 is 0 Å². The largest absolute Gasteiger partial charge is 0.448 e. The lowest BCUT2D eigenvalue weighted by molar-refractivity contribution is -0.117. The van der Waals surface area contributed by atoms with Crippen molar-refractivity contribution in [3.8, 4) is 11.5 Å². The Morgan fingerprint density at radius 1 is 1.07 bits per heavy atom. The number of nitrogens with one attached hydrogen (secondary N) is 1. The average Bonchev–Trinajstić information content (AvgIpc) is 3.10. The fourth-order valence-corrected chi connectivity index (χ4v) is 5.24. The molecule has 1 aliphatic carbocycles. The molecule has 6 nitrogen and oxygen atoms in total. The minimum atomic E-state index is -0.525. The molecule has 1 spiro atoms. The van der Waals surface area contributed by atoms with Crippen molar-refractivity contribution < 1.29 is 19.1 Å². The lowest BCUT2D eigenvalue weighted by Crippen LogP contribution is -2.40. The predicted octanol–water partition coefficient (Wildman–Crippen LogP) is 4.59. The first-order valence-electron chi connectivity index (χ1n) is 10.5. The van der Waals surface area contributed by atoms with E-state index in [4.69, 9.17) is 9.47 Å². The normalized spacial score (nSPS) is 18.9. The van der Waals surface area contributed by atoms with E-state index in [0.29, 0.717) is 23.7 Å². The molecule has 30 heavy (non-hydrogen) atoms. The average molecular weight is 425 g/mol. The van der Waals surface area contributed by atoms with E-state index < -0.39 is 5.79 Å². The number of hydrogen-bond acceptors (Lipinski definition) is 5. The summed E-state index contributed by atoms with van der Waals surface area (Å²) in [5.41, 5.74) is 1.56. The molecule has 0 bridgehead atoms. The standard InChI is InChI=1S/C23H24N2O4S/c26-21(10-13-25-17-6-2-3-7-20(17)30-15-22(25)27)24-16-8-9-18-19(14-16)29-23(28-18)11-4-1-5-12-23/h2-3,6-9,14H,1,4-5,10-13,15H2,(H,24,26). The van der Waals surface area contributed by atoms with Crippen molar-refractivity contribution in [2.75, 3.05) is 22.5 Å². The number of anilines is 2. The zero-order valence-corrected chi connectivity index (χ0v) is 17.5. The van der Waals surface area contributed by atoms with Crippen molar-refractivity contribution in [1.29, 1.82) is 0 Å². The second-order valence-electron chi connectivity index (χ2n) is 7.94. The van der Waals surface area contributed by atoms with Gasteiger partial charge in [-0.1, -0.05) is 18.6 Å². The van der Waals surface area contributed by atoms with Gasteiger partial charge in [0.25, 0.3) is 5.79 Å². The van der Waals surface area contributed by atoms with Crippen molar-refractivity contribution in [2.24, 2.45) is 0 Å². The maximum absolute atomic E-state index is 12.5. The van der Waals surface area contributed by atoms with E-state index in [9.17, 15) is 9.59 Å². The van der Waals surface area contributed by atoms with Crippen LogP contribution in [0.5, 0.6) is 11.5 Å².